The average Bonchev–Trinajstić information content (AvgIpc) is 3.31. The monoisotopic (exact) mass is 583 g/mol. The van der Waals surface area contributed by atoms with Crippen LogP contribution >= 0.6 is 0 Å². The first-order chi connectivity index (χ1) is 19.8. The fourth-order valence-corrected chi connectivity index (χ4v) is 4.84. The molecule has 0 radical (unpaired) electrons. The Morgan fingerprint density at radius 2 is 1.93 bits per heavy atom. The highest BCUT2D eigenvalue weighted by Crippen LogP contribution is 2.24. The zero-order chi connectivity index (χ0) is 30.8. The van der Waals surface area contributed by atoms with Crippen LogP contribution in [-0.4, -0.2) is 67.6 Å². The normalized spacial score (nSPS) is 15.2. The van der Waals surface area contributed by atoms with E-state index >= 15 is 0 Å². The number of aryl methyl sites for hydroxylation is 1. The lowest BCUT2D eigenvalue weighted by atomic mass is 10.1. The minimum absolute atomic E-state index is 0.0733. The van der Waals surface area contributed by atoms with Crippen molar-refractivity contribution in [3.8, 4) is 11.8 Å². The second-order valence-electron chi connectivity index (χ2n) is 10.9. The van der Waals surface area contributed by atoms with Gasteiger partial charge >= 0.3 is 17.8 Å². The summed E-state index contributed by atoms with van der Waals surface area (Å²) in [4.78, 5) is 62.3. The third kappa shape index (κ3) is 6.29. The highest BCUT2D eigenvalue weighted by molar-refractivity contribution is 5.90. The number of halogens is 1. The van der Waals surface area contributed by atoms with Crippen LogP contribution in [0.4, 0.5) is 15.1 Å². The first-order valence-corrected chi connectivity index (χ1v) is 13.4. The molecule has 14 heteroatoms. The molecule has 0 unspecified atom stereocenters. The Morgan fingerprint density at radius 1 is 1.19 bits per heavy atom. The summed E-state index contributed by atoms with van der Waals surface area (Å²) in [5.74, 6) is 4.52. The lowest BCUT2D eigenvalue weighted by Gasteiger charge is -2.34. The molecule has 0 aromatic carbocycles. The van der Waals surface area contributed by atoms with Crippen molar-refractivity contribution in [2.45, 2.75) is 65.3 Å². The molecule has 1 N–H and O–H groups in total. The lowest BCUT2D eigenvalue weighted by Crippen LogP contribution is -2.49. The van der Waals surface area contributed by atoms with Crippen molar-refractivity contribution < 1.29 is 23.5 Å². The number of carbonyl (C=O) groups excluding carboxylic acids is 2. The van der Waals surface area contributed by atoms with Crippen LogP contribution in [0.3, 0.4) is 0 Å². The van der Waals surface area contributed by atoms with Gasteiger partial charge in [-0.1, -0.05) is 5.92 Å². The number of rotatable bonds is 6. The van der Waals surface area contributed by atoms with Crippen LogP contribution in [0.2, 0.25) is 0 Å². The Kier molecular flexibility index (Phi) is 8.70. The summed E-state index contributed by atoms with van der Waals surface area (Å²) in [6.07, 6.45) is 0.926. The Bertz CT molecular complexity index is 1710. The zero-order valence-corrected chi connectivity index (χ0v) is 24.5. The van der Waals surface area contributed by atoms with Gasteiger partial charge in [-0.2, -0.15) is 9.37 Å². The molecule has 0 aliphatic carbocycles. The molecule has 13 nitrogen and oxygen atoms in total. The highest BCUT2D eigenvalue weighted by atomic mass is 19.1. The van der Waals surface area contributed by atoms with Gasteiger partial charge in [0.15, 0.2) is 11.2 Å². The van der Waals surface area contributed by atoms with Gasteiger partial charge in [-0.05, 0) is 52.7 Å². The van der Waals surface area contributed by atoms with E-state index in [4.69, 9.17) is 9.47 Å². The number of methoxy groups -OCH3 is 1. The molecule has 0 bridgehead atoms. The first-order valence-electron chi connectivity index (χ1n) is 13.4. The Morgan fingerprint density at radius 3 is 2.60 bits per heavy atom. The van der Waals surface area contributed by atoms with Crippen LogP contribution in [0.15, 0.2) is 21.7 Å². The van der Waals surface area contributed by atoms with Gasteiger partial charge in [0, 0.05) is 26.2 Å². The number of ether oxygens (including phenoxy) is 2. The van der Waals surface area contributed by atoms with Gasteiger partial charge in [0.05, 0.1) is 31.5 Å². The number of nitrogens with zero attached hydrogens (tertiary/aromatic N) is 6. The number of esters is 1. The van der Waals surface area contributed by atoms with Crippen LogP contribution in [-0.2, 0) is 29.6 Å². The Labute approximate surface area is 241 Å². The van der Waals surface area contributed by atoms with Gasteiger partial charge in [0.1, 0.15) is 5.60 Å². The van der Waals surface area contributed by atoms with Crippen molar-refractivity contribution in [3.63, 3.8) is 0 Å². The van der Waals surface area contributed by atoms with Crippen molar-refractivity contribution in [2.24, 2.45) is 7.05 Å². The maximum Gasteiger partial charge on any atom is 0.407 e. The molecule has 3 aromatic heterocycles. The number of imidazole rings is 1. The molecular weight excluding hydrogens is 549 g/mol. The van der Waals surface area contributed by atoms with Gasteiger partial charge in [-0.3, -0.25) is 18.5 Å². The van der Waals surface area contributed by atoms with Crippen LogP contribution < -0.4 is 21.5 Å². The molecular formula is C28H34FN7O6. The van der Waals surface area contributed by atoms with E-state index in [1.54, 1.807) is 32.3 Å². The summed E-state index contributed by atoms with van der Waals surface area (Å²) in [5, 5.41) is 2.90. The van der Waals surface area contributed by atoms with Crippen molar-refractivity contribution in [1.29, 1.82) is 0 Å². The molecule has 1 amide bonds. The zero-order valence-electron chi connectivity index (χ0n) is 24.5. The Balaban J connectivity index is 1.80. The minimum atomic E-state index is -0.881. The number of hydrogen-bond donors (Lipinski definition) is 1. The van der Waals surface area contributed by atoms with Gasteiger partial charge in [-0.15, -0.1) is 5.92 Å². The molecule has 1 atom stereocenters. The lowest BCUT2D eigenvalue weighted by molar-refractivity contribution is 0.0498. The summed E-state index contributed by atoms with van der Waals surface area (Å²) in [6.45, 7) is 7.63. The van der Waals surface area contributed by atoms with E-state index in [2.05, 4.69) is 27.1 Å². The van der Waals surface area contributed by atoms with Gasteiger partial charge in [0.2, 0.25) is 11.9 Å². The van der Waals surface area contributed by atoms with Crippen LogP contribution in [0.1, 0.15) is 56.6 Å². The van der Waals surface area contributed by atoms with Gasteiger partial charge in [0.25, 0.3) is 5.56 Å². The van der Waals surface area contributed by atoms with E-state index in [9.17, 15) is 23.6 Å². The van der Waals surface area contributed by atoms with Crippen molar-refractivity contribution in [1.82, 2.24) is 29.0 Å². The molecule has 0 saturated carbocycles. The van der Waals surface area contributed by atoms with E-state index in [1.807, 2.05) is 4.90 Å². The molecule has 1 fully saturated rings. The molecule has 3 aromatic rings. The summed E-state index contributed by atoms with van der Waals surface area (Å²) in [6, 6.07) is 1.94. The summed E-state index contributed by atoms with van der Waals surface area (Å²) in [5.41, 5.74) is -2.04. The molecule has 0 spiro atoms. The van der Waals surface area contributed by atoms with Crippen LogP contribution in [0, 0.1) is 17.8 Å². The second kappa shape index (κ2) is 12.1. The third-order valence-corrected chi connectivity index (χ3v) is 6.70. The minimum Gasteiger partial charge on any atom is -0.465 e. The summed E-state index contributed by atoms with van der Waals surface area (Å²) < 4.78 is 27.9. The van der Waals surface area contributed by atoms with Crippen LogP contribution in [0.5, 0.6) is 0 Å². The number of piperidine rings is 1. The topological polar surface area (TPSA) is 143 Å². The number of alkyl carbamates (subject to hydrolysis) is 1. The van der Waals surface area contributed by atoms with Crippen molar-refractivity contribution >= 4 is 29.2 Å². The number of nitrogens with one attached hydrogen (secondary N) is 1. The van der Waals surface area contributed by atoms with E-state index in [0.29, 0.717) is 19.0 Å². The van der Waals surface area contributed by atoms with E-state index in [1.165, 1.54) is 17.7 Å². The predicted octanol–water partition coefficient (Wildman–Crippen LogP) is 1.78. The Hall–Kier alpha value is -4.67. The summed E-state index contributed by atoms with van der Waals surface area (Å²) in [7, 11) is 2.63. The van der Waals surface area contributed by atoms with Crippen LogP contribution in [0.25, 0.3) is 11.2 Å². The number of amides is 1. The molecule has 4 rings (SSSR count). The number of aromatic nitrogens is 5. The third-order valence-electron chi connectivity index (χ3n) is 6.70. The van der Waals surface area contributed by atoms with E-state index in [-0.39, 0.29) is 35.0 Å². The number of pyridine rings is 1. The number of anilines is 1. The fourth-order valence-electron chi connectivity index (χ4n) is 4.84. The molecule has 224 valence electrons. The van der Waals surface area contributed by atoms with Crippen molar-refractivity contribution in [3.05, 3.63) is 50.2 Å². The standard InChI is InChI=1S/C28H34FN7O6/c1-7-8-14-35-21-22(32-25(35)34-13-9-10-17(15-34)30-26(39)42-28(2,3)4)33(5)27(40)36(23(21)37)16-19-18(24(38)41-6)11-12-20(29)31-19/h11-12,17H,9-10,13-16H2,1-6H3,(H,30,39)/t17-/m1/s1. The summed E-state index contributed by atoms with van der Waals surface area (Å²) >= 11 is 0. The smallest absolute Gasteiger partial charge is 0.407 e. The van der Waals surface area contributed by atoms with Gasteiger partial charge < -0.3 is 19.7 Å². The largest absolute Gasteiger partial charge is 0.465 e. The number of fused-ring (bicyclic) bond motifs is 1. The van der Waals surface area contributed by atoms with E-state index in [0.717, 1.165) is 30.6 Å². The van der Waals surface area contributed by atoms with Gasteiger partial charge in [-0.25, -0.2) is 19.4 Å². The molecule has 1 aliphatic rings. The number of hydrogen-bond acceptors (Lipinski definition) is 9. The molecule has 1 aliphatic heterocycles. The quantitative estimate of drug-likeness (QED) is 0.261. The first kappa shape index (κ1) is 30.3. The predicted molar refractivity (Wildman–Crippen MR) is 152 cm³/mol. The van der Waals surface area contributed by atoms with Crippen molar-refractivity contribution in [2.75, 3.05) is 25.1 Å². The number of carbonyl (C=O) groups is 2. The fraction of sp³-hybridized carbons (Fsp3) is 0.500. The maximum absolute atomic E-state index is 14.1. The maximum atomic E-state index is 14.1. The van der Waals surface area contributed by atoms with E-state index < -0.39 is 41.4 Å². The second-order valence-corrected chi connectivity index (χ2v) is 10.9. The molecule has 42 heavy (non-hydrogen) atoms. The highest BCUT2D eigenvalue weighted by Gasteiger charge is 2.29. The average molecular weight is 584 g/mol. The molecule has 4 heterocycles. The SMILES string of the molecule is CC#CCn1c(N2CCC[C@@H](NC(=O)OC(C)(C)C)C2)nc2c1c(=O)n(Cc1nc(F)ccc1C(=O)OC)c(=O)n2C. The molecule has 1 saturated heterocycles.